The number of benzene rings is 1. The third-order valence-corrected chi connectivity index (χ3v) is 4.38. The van der Waals surface area contributed by atoms with E-state index in [4.69, 9.17) is 11.6 Å². The number of anilines is 1. The smallest absolute Gasteiger partial charge is 0.183 e. The highest BCUT2D eigenvalue weighted by Crippen LogP contribution is 2.19. The average molecular weight is 309 g/mol. The maximum atomic E-state index is 5.81. The van der Waals surface area contributed by atoms with Gasteiger partial charge in [0.05, 0.1) is 6.54 Å². The molecule has 0 aliphatic heterocycles. The maximum Gasteiger partial charge on any atom is 0.183 e. The fourth-order valence-electron chi connectivity index (χ4n) is 2.10. The van der Waals surface area contributed by atoms with Crippen LogP contribution in [-0.4, -0.2) is 4.98 Å². The minimum atomic E-state index is 0.601. The van der Waals surface area contributed by atoms with Crippen LogP contribution in [0.1, 0.15) is 43.0 Å². The minimum absolute atomic E-state index is 0.601. The summed E-state index contributed by atoms with van der Waals surface area (Å²) in [4.78, 5) is 5.19. The number of nitrogens with one attached hydrogen (secondary N) is 1. The van der Waals surface area contributed by atoms with Crippen molar-refractivity contribution >= 4 is 28.6 Å². The summed E-state index contributed by atoms with van der Waals surface area (Å²) in [5, 5.41) is 3.39. The zero-order valence-corrected chi connectivity index (χ0v) is 13.4. The Labute approximate surface area is 130 Å². The van der Waals surface area contributed by atoms with E-state index in [1.807, 2.05) is 6.20 Å². The summed E-state index contributed by atoms with van der Waals surface area (Å²) in [6, 6.07) is 8.73. The first-order valence-corrected chi connectivity index (χ1v) is 8.40. The Bertz CT molecular complexity index is 507. The molecule has 0 aliphatic carbocycles. The van der Waals surface area contributed by atoms with Crippen molar-refractivity contribution < 1.29 is 0 Å². The van der Waals surface area contributed by atoms with Crippen molar-refractivity contribution in [3.05, 3.63) is 45.4 Å². The van der Waals surface area contributed by atoms with Crippen LogP contribution in [0.5, 0.6) is 0 Å². The highest BCUT2D eigenvalue weighted by molar-refractivity contribution is 7.15. The number of hydrogen-bond donors (Lipinski definition) is 1. The van der Waals surface area contributed by atoms with Gasteiger partial charge in [-0.2, -0.15) is 0 Å². The van der Waals surface area contributed by atoms with Gasteiger partial charge < -0.3 is 5.32 Å². The molecule has 0 atom stereocenters. The lowest BCUT2D eigenvalue weighted by Crippen LogP contribution is -1.97. The molecule has 0 bridgehead atoms. The van der Waals surface area contributed by atoms with Crippen molar-refractivity contribution in [2.24, 2.45) is 0 Å². The number of halogens is 1. The van der Waals surface area contributed by atoms with Crippen LogP contribution in [0.2, 0.25) is 4.47 Å². The molecule has 1 N–H and O–H groups in total. The Kier molecular flexibility index (Phi) is 6.34. The molecular weight excluding hydrogens is 288 g/mol. The van der Waals surface area contributed by atoms with Crippen LogP contribution in [0.15, 0.2) is 30.5 Å². The second-order valence-electron chi connectivity index (χ2n) is 4.94. The molecule has 0 radical (unpaired) electrons. The fourth-order valence-corrected chi connectivity index (χ4v) is 3.02. The average Bonchev–Trinajstić information content (AvgIpc) is 2.88. The van der Waals surface area contributed by atoms with E-state index in [0.29, 0.717) is 4.47 Å². The lowest BCUT2D eigenvalue weighted by Gasteiger charge is -2.06. The van der Waals surface area contributed by atoms with Gasteiger partial charge in [0.1, 0.15) is 0 Å². The summed E-state index contributed by atoms with van der Waals surface area (Å²) in [7, 11) is 0. The van der Waals surface area contributed by atoms with E-state index in [-0.39, 0.29) is 0 Å². The molecule has 1 heterocycles. The molecule has 1 aromatic carbocycles. The molecule has 2 rings (SSSR count). The monoisotopic (exact) mass is 308 g/mol. The third kappa shape index (κ3) is 5.14. The van der Waals surface area contributed by atoms with Crippen LogP contribution in [0.4, 0.5) is 5.69 Å². The topological polar surface area (TPSA) is 24.9 Å². The number of unbranched alkanes of at least 4 members (excludes halogenated alkanes) is 3. The van der Waals surface area contributed by atoms with Crippen molar-refractivity contribution in [2.75, 3.05) is 5.32 Å². The number of aromatic nitrogens is 1. The van der Waals surface area contributed by atoms with Gasteiger partial charge >= 0.3 is 0 Å². The van der Waals surface area contributed by atoms with E-state index in [9.17, 15) is 0 Å². The summed E-state index contributed by atoms with van der Waals surface area (Å²) in [6.07, 6.45) is 8.27. The molecule has 0 unspecified atom stereocenters. The Balaban J connectivity index is 1.76. The summed E-state index contributed by atoms with van der Waals surface area (Å²) in [5.41, 5.74) is 2.57. The summed E-state index contributed by atoms with van der Waals surface area (Å²) in [5.74, 6) is 0. The van der Waals surface area contributed by atoms with E-state index in [1.54, 1.807) is 0 Å². The molecule has 0 spiro atoms. The first kappa shape index (κ1) is 15.3. The van der Waals surface area contributed by atoms with Crippen LogP contribution in [-0.2, 0) is 13.0 Å². The van der Waals surface area contributed by atoms with Crippen molar-refractivity contribution in [1.29, 1.82) is 0 Å². The number of rotatable bonds is 8. The van der Waals surface area contributed by atoms with E-state index in [0.717, 1.165) is 17.1 Å². The molecule has 1 aromatic heterocycles. The normalized spacial score (nSPS) is 10.7. The van der Waals surface area contributed by atoms with Crippen LogP contribution < -0.4 is 5.32 Å². The molecule has 108 valence electrons. The van der Waals surface area contributed by atoms with E-state index in [1.165, 1.54) is 49.0 Å². The lowest BCUT2D eigenvalue weighted by atomic mass is 10.1. The fraction of sp³-hybridized carbons (Fsp3) is 0.438. The summed E-state index contributed by atoms with van der Waals surface area (Å²) >= 11 is 7.33. The first-order valence-electron chi connectivity index (χ1n) is 7.21. The number of thiazole rings is 1. The zero-order valence-electron chi connectivity index (χ0n) is 11.9. The van der Waals surface area contributed by atoms with Gasteiger partial charge in [0.25, 0.3) is 0 Å². The number of hydrogen-bond acceptors (Lipinski definition) is 3. The third-order valence-electron chi connectivity index (χ3n) is 3.27. The maximum absolute atomic E-state index is 5.81. The van der Waals surface area contributed by atoms with E-state index < -0.39 is 0 Å². The van der Waals surface area contributed by atoms with Gasteiger partial charge in [-0.3, -0.25) is 0 Å². The predicted octanol–water partition coefficient (Wildman–Crippen LogP) is 5.53. The molecule has 0 saturated carbocycles. The van der Waals surface area contributed by atoms with Crippen molar-refractivity contribution in [3.8, 4) is 0 Å². The van der Waals surface area contributed by atoms with Gasteiger partial charge in [-0.15, -0.1) is 11.3 Å². The molecule has 0 amide bonds. The van der Waals surface area contributed by atoms with E-state index >= 15 is 0 Å². The standard InChI is InChI=1S/C16H21ClN2S/c1-2-3-4-5-6-13-7-9-14(10-8-13)18-11-15-12-19-16(17)20-15/h7-10,12,18H,2-6,11H2,1H3. The van der Waals surface area contributed by atoms with Gasteiger partial charge in [-0.25, -0.2) is 4.98 Å². The molecule has 4 heteroatoms. The molecule has 0 fully saturated rings. The molecule has 0 saturated heterocycles. The zero-order chi connectivity index (χ0) is 14.2. The van der Waals surface area contributed by atoms with Gasteiger partial charge in [0, 0.05) is 16.8 Å². The van der Waals surface area contributed by atoms with Crippen molar-refractivity contribution in [1.82, 2.24) is 4.98 Å². The molecule has 0 aliphatic rings. The summed E-state index contributed by atoms with van der Waals surface area (Å²) < 4.78 is 0.601. The highest BCUT2D eigenvalue weighted by Gasteiger charge is 2.00. The Morgan fingerprint density at radius 1 is 1.15 bits per heavy atom. The first-order chi connectivity index (χ1) is 9.78. The predicted molar refractivity (Wildman–Crippen MR) is 88.7 cm³/mol. The van der Waals surface area contributed by atoms with Crippen LogP contribution in [0, 0.1) is 0 Å². The second-order valence-corrected chi connectivity index (χ2v) is 6.64. The quantitative estimate of drug-likeness (QED) is 0.648. The Hall–Kier alpha value is -1.06. The van der Waals surface area contributed by atoms with E-state index in [2.05, 4.69) is 41.5 Å². The minimum Gasteiger partial charge on any atom is -0.380 e. The molecular formula is C16H21ClN2S. The Morgan fingerprint density at radius 3 is 2.60 bits per heavy atom. The highest BCUT2D eigenvalue weighted by atomic mass is 35.5. The number of aryl methyl sites for hydroxylation is 1. The lowest BCUT2D eigenvalue weighted by molar-refractivity contribution is 0.667. The van der Waals surface area contributed by atoms with Gasteiger partial charge in [0.15, 0.2) is 4.47 Å². The SMILES string of the molecule is CCCCCCc1ccc(NCc2cnc(Cl)s2)cc1. The largest absolute Gasteiger partial charge is 0.380 e. The molecule has 20 heavy (non-hydrogen) atoms. The number of nitrogens with zero attached hydrogens (tertiary/aromatic N) is 1. The van der Waals surface area contributed by atoms with Gasteiger partial charge in [-0.05, 0) is 30.5 Å². The van der Waals surface area contributed by atoms with Gasteiger partial charge in [0.2, 0.25) is 0 Å². The molecule has 2 nitrogen and oxygen atoms in total. The molecule has 2 aromatic rings. The van der Waals surface area contributed by atoms with Crippen LogP contribution >= 0.6 is 22.9 Å². The Morgan fingerprint density at radius 2 is 1.95 bits per heavy atom. The van der Waals surface area contributed by atoms with Crippen molar-refractivity contribution in [2.45, 2.75) is 45.6 Å². The van der Waals surface area contributed by atoms with Crippen LogP contribution in [0.3, 0.4) is 0 Å². The second kappa shape index (κ2) is 8.28. The summed E-state index contributed by atoms with van der Waals surface area (Å²) in [6.45, 7) is 3.02. The van der Waals surface area contributed by atoms with Crippen molar-refractivity contribution in [3.63, 3.8) is 0 Å². The van der Waals surface area contributed by atoms with Crippen LogP contribution in [0.25, 0.3) is 0 Å². The van der Waals surface area contributed by atoms with Gasteiger partial charge in [-0.1, -0.05) is 49.9 Å².